The van der Waals surface area contributed by atoms with E-state index in [0.717, 1.165) is 17.4 Å². The normalized spacial score (nSPS) is 10.9. The van der Waals surface area contributed by atoms with Crippen LogP contribution in [0.25, 0.3) is 0 Å². The lowest BCUT2D eigenvalue weighted by molar-refractivity contribution is 0.0942. The fourth-order valence-electron chi connectivity index (χ4n) is 3.43. The zero-order chi connectivity index (χ0) is 24.8. The van der Waals surface area contributed by atoms with Crippen molar-refractivity contribution in [1.29, 1.82) is 0 Å². The molecule has 3 N–H and O–H groups in total. The van der Waals surface area contributed by atoms with Gasteiger partial charge >= 0.3 is 0 Å². The smallest absolute Gasteiger partial charge is 0.272 e. The van der Waals surface area contributed by atoms with Crippen LogP contribution in [0, 0.1) is 0 Å². The zero-order valence-corrected chi connectivity index (χ0v) is 21.3. The van der Waals surface area contributed by atoms with E-state index in [-0.39, 0.29) is 17.7 Å². The molecule has 0 aliphatic heterocycles. The van der Waals surface area contributed by atoms with E-state index in [2.05, 4.69) is 36.8 Å². The molecular formula is C24H29BrN6O3. The Labute approximate surface area is 207 Å². The van der Waals surface area contributed by atoms with Crippen molar-refractivity contribution in [1.82, 2.24) is 19.4 Å². The van der Waals surface area contributed by atoms with Crippen molar-refractivity contribution in [2.45, 2.75) is 6.42 Å². The lowest BCUT2D eigenvalue weighted by Crippen LogP contribution is -2.28. The highest BCUT2D eigenvalue weighted by molar-refractivity contribution is 9.10. The van der Waals surface area contributed by atoms with E-state index < -0.39 is 0 Å². The quantitative estimate of drug-likeness (QED) is 0.371. The van der Waals surface area contributed by atoms with Crippen LogP contribution in [0.15, 0.2) is 53.3 Å². The van der Waals surface area contributed by atoms with Crippen LogP contribution in [0.4, 0.5) is 11.4 Å². The molecule has 2 heterocycles. The summed E-state index contributed by atoms with van der Waals surface area (Å²) in [6, 6.07) is 10.3. The molecule has 3 rings (SSSR count). The Morgan fingerprint density at radius 2 is 1.47 bits per heavy atom. The number of anilines is 2. The second kappa shape index (κ2) is 11.2. The van der Waals surface area contributed by atoms with Gasteiger partial charge in [-0.2, -0.15) is 0 Å². The van der Waals surface area contributed by atoms with E-state index in [1.165, 1.54) is 0 Å². The first-order chi connectivity index (χ1) is 16.1. The van der Waals surface area contributed by atoms with Crippen molar-refractivity contribution in [3.63, 3.8) is 0 Å². The number of carbonyl (C=O) groups excluding carboxylic acids is 3. The molecule has 0 fully saturated rings. The summed E-state index contributed by atoms with van der Waals surface area (Å²) < 4.78 is 4.11. The lowest BCUT2D eigenvalue weighted by atomic mass is 10.2. The van der Waals surface area contributed by atoms with Crippen LogP contribution in [-0.2, 0) is 14.1 Å². The SMILES string of the molecule is CN(C)CCCNC(=O)c1cc(NC(=O)c2cc(NC(=O)c3cccc(Br)c3)cn2C)cn1C. The van der Waals surface area contributed by atoms with Crippen molar-refractivity contribution >= 4 is 45.0 Å². The first kappa shape index (κ1) is 25.3. The first-order valence-electron chi connectivity index (χ1n) is 10.8. The molecule has 10 heteroatoms. The van der Waals surface area contributed by atoms with Crippen molar-refractivity contribution in [2.24, 2.45) is 14.1 Å². The molecule has 0 aliphatic carbocycles. The van der Waals surface area contributed by atoms with Crippen molar-refractivity contribution in [3.8, 4) is 0 Å². The molecule has 9 nitrogen and oxygen atoms in total. The van der Waals surface area contributed by atoms with Crippen LogP contribution in [0.1, 0.15) is 37.8 Å². The summed E-state index contributed by atoms with van der Waals surface area (Å²) in [5, 5.41) is 8.52. The Kier molecular flexibility index (Phi) is 8.30. The van der Waals surface area contributed by atoms with Crippen LogP contribution in [0.2, 0.25) is 0 Å². The van der Waals surface area contributed by atoms with E-state index in [0.29, 0.717) is 34.9 Å². The van der Waals surface area contributed by atoms with Gasteiger partial charge < -0.3 is 30.0 Å². The van der Waals surface area contributed by atoms with Gasteiger partial charge in [0.2, 0.25) is 0 Å². The van der Waals surface area contributed by atoms with E-state index in [4.69, 9.17) is 0 Å². The second-order valence-electron chi connectivity index (χ2n) is 8.28. The third-order valence-corrected chi connectivity index (χ3v) is 5.64. The van der Waals surface area contributed by atoms with Crippen molar-refractivity contribution in [3.05, 3.63) is 70.2 Å². The molecule has 0 bridgehead atoms. The van der Waals surface area contributed by atoms with Crippen LogP contribution >= 0.6 is 15.9 Å². The van der Waals surface area contributed by atoms with Gasteiger partial charge in [-0.1, -0.05) is 22.0 Å². The highest BCUT2D eigenvalue weighted by Crippen LogP contribution is 2.19. The summed E-state index contributed by atoms with van der Waals surface area (Å²) in [5.74, 6) is -0.824. The van der Waals surface area contributed by atoms with Crippen LogP contribution in [0.3, 0.4) is 0 Å². The predicted molar refractivity (Wildman–Crippen MR) is 136 cm³/mol. The fraction of sp³-hybridized carbons (Fsp3) is 0.292. The number of nitrogens with one attached hydrogen (secondary N) is 3. The highest BCUT2D eigenvalue weighted by Gasteiger charge is 2.17. The van der Waals surface area contributed by atoms with Gasteiger partial charge in [0.1, 0.15) is 11.4 Å². The maximum Gasteiger partial charge on any atom is 0.272 e. The third kappa shape index (κ3) is 6.58. The summed E-state index contributed by atoms with van der Waals surface area (Å²) >= 11 is 3.35. The highest BCUT2D eigenvalue weighted by atomic mass is 79.9. The summed E-state index contributed by atoms with van der Waals surface area (Å²) in [6.45, 7) is 1.46. The Bertz CT molecular complexity index is 1200. The molecule has 2 aromatic heterocycles. The molecular weight excluding hydrogens is 500 g/mol. The monoisotopic (exact) mass is 528 g/mol. The summed E-state index contributed by atoms with van der Waals surface area (Å²) in [6.07, 6.45) is 4.20. The van der Waals surface area contributed by atoms with E-state index >= 15 is 0 Å². The molecule has 34 heavy (non-hydrogen) atoms. The molecule has 0 saturated heterocycles. The van der Waals surface area contributed by atoms with E-state index in [1.54, 1.807) is 66.0 Å². The summed E-state index contributed by atoms with van der Waals surface area (Å²) in [5.41, 5.74) is 2.33. The van der Waals surface area contributed by atoms with E-state index in [9.17, 15) is 14.4 Å². The Morgan fingerprint density at radius 1 is 0.882 bits per heavy atom. The topological polar surface area (TPSA) is 100 Å². The number of benzene rings is 1. The minimum absolute atomic E-state index is 0.196. The van der Waals surface area contributed by atoms with Gasteiger partial charge in [-0.05, 0) is 57.4 Å². The Balaban J connectivity index is 1.63. The molecule has 3 amide bonds. The molecule has 0 aliphatic rings. The Morgan fingerprint density at radius 3 is 2.06 bits per heavy atom. The number of hydrogen-bond acceptors (Lipinski definition) is 4. The Hall–Kier alpha value is -3.37. The number of nitrogens with zero attached hydrogens (tertiary/aromatic N) is 3. The van der Waals surface area contributed by atoms with Crippen LogP contribution in [-0.4, -0.2) is 58.9 Å². The van der Waals surface area contributed by atoms with Gasteiger partial charge in [0.25, 0.3) is 17.7 Å². The molecule has 180 valence electrons. The van der Waals surface area contributed by atoms with E-state index in [1.807, 2.05) is 20.2 Å². The van der Waals surface area contributed by atoms with Gasteiger partial charge in [0.15, 0.2) is 0 Å². The van der Waals surface area contributed by atoms with Gasteiger partial charge in [-0.25, -0.2) is 0 Å². The standard InChI is InChI=1S/C24H29BrN6O3/c1-29(2)10-6-9-26-23(33)20-12-19(15-30(20)3)28-24(34)21-13-18(14-31(21)4)27-22(32)16-7-5-8-17(25)11-16/h5,7-8,11-15H,6,9-10H2,1-4H3,(H,26,33)(H,27,32)(H,28,34). The third-order valence-electron chi connectivity index (χ3n) is 5.15. The van der Waals surface area contributed by atoms with Crippen LogP contribution < -0.4 is 16.0 Å². The van der Waals surface area contributed by atoms with Gasteiger partial charge in [0.05, 0.1) is 11.4 Å². The van der Waals surface area contributed by atoms with Crippen LogP contribution in [0.5, 0.6) is 0 Å². The lowest BCUT2D eigenvalue weighted by Gasteiger charge is -2.10. The van der Waals surface area contributed by atoms with Gasteiger partial charge in [-0.3, -0.25) is 14.4 Å². The molecule has 3 aromatic rings. The first-order valence-corrected chi connectivity index (χ1v) is 11.6. The maximum atomic E-state index is 12.8. The second-order valence-corrected chi connectivity index (χ2v) is 9.20. The van der Waals surface area contributed by atoms with Crippen molar-refractivity contribution in [2.75, 3.05) is 37.8 Å². The number of carbonyl (C=O) groups is 3. The van der Waals surface area contributed by atoms with Gasteiger partial charge in [0, 0.05) is 43.1 Å². The number of aryl methyl sites for hydroxylation is 2. The molecule has 1 aromatic carbocycles. The number of aromatic nitrogens is 2. The molecule has 0 radical (unpaired) electrons. The van der Waals surface area contributed by atoms with Gasteiger partial charge in [-0.15, -0.1) is 0 Å². The molecule has 0 spiro atoms. The number of halogens is 1. The minimum atomic E-state index is -0.353. The fourth-order valence-corrected chi connectivity index (χ4v) is 3.83. The largest absolute Gasteiger partial charge is 0.351 e. The average molecular weight is 529 g/mol. The summed E-state index contributed by atoms with van der Waals surface area (Å²) in [7, 11) is 7.45. The molecule has 0 saturated carbocycles. The molecule has 0 atom stereocenters. The maximum absolute atomic E-state index is 12.8. The van der Waals surface area contributed by atoms with Crippen molar-refractivity contribution < 1.29 is 14.4 Å². The molecule has 0 unspecified atom stereocenters. The zero-order valence-electron chi connectivity index (χ0n) is 19.7. The summed E-state index contributed by atoms with van der Waals surface area (Å²) in [4.78, 5) is 39.9. The number of hydrogen-bond donors (Lipinski definition) is 3. The predicted octanol–water partition coefficient (Wildman–Crippen LogP) is 3.31. The average Bonchev–Trinajstić information content (AvgIpc) is 3.32. The minimum Gasteiger partial charge on any atom is -0.351 e. The number of amides is 3. The number of rotatable bonds is 9.